The first-order valence-corrected chi connectivity index (χ1v) is 3.17. The van der Waals surface area contributed by atoms with Crippen molar-refractivity contribution in [2.24, 2.45) is 16.9 Å². The molecule has 0 saturated carbocycles. The van der Waals surface area contributed by atoms with Crippen LogP contribution < -0.4 is 5.73 Å². The molecule has 0 aliphatic heterocycles. The highest BCUT2D eigenvalue weighted by atomic mass is 16.6. The van der Waals surface area contributed by atoms with Crippen molar-refractivity contribution in [3.63, 3.8) is 0 Å². The topological polar surface area (TPSA) is 84.0 Å². The molecule has 0 heterocycles. The van der Waals surface area contributed by atoms with Crippen LogP contribution >= 0.6 is 0 Å². The zero-order valence-corrected chi connectivity index (χ0v) is 6.03. The van der Waals surface area contributed by atoms with Crippen molar-refractivity contribution in [2.75, 3.05) is 13.2 Å². The minimum Gasteiger partial charge on any atom is -0.433 e. The second-order valence-corrected chi connectivity index (χ2v) is 2.15. The van der Waals surface area contributed by atoms with E-state index in [1.807, 2.05) is 6.92 Å². The number of hydrogen-bond donors (Lipinski definition) is 1. The highest BCUT2D eigenvalue weighted by Gasteiger charge is 1.98. The smallest absolute Gasteiger partial charge is 0.111 e. The highest BCUT2D eigenvalue weighted by Crippen LogP contribution is 1.99. The normalized spacial score (nSPS) is 11.8. The summed E-state index contributed by atoms with van der Waals surface area (Å²) in [5.74, 6) is 0.357. The molecule has 0 amide bonds. The SMILES string of the molecule is CC(CCN)CON=[N+]=[N-]. The number of nitrogens with zero attached hydrogens (tertiary/aromatic N) is 3. The first-order valence-electron chi connectivity index (χ1n) is 3.17. The van der Waals surface area contributed by atoms with E-state index in [0.717, 1.165) is 6.42 Å². The molecule has 1 atom stereocenters. The fourth-order valence-electron chi connectivity index (χ4n) is 0.554. The third kappa shape index (κ3) is 5.21. The maximum absolute atomic E-state index is 7.82. The largest absolute Gasteiger partial charge is 0.433 e. The fraction of sp³-hybridized carbons (Fsp3) is 1.00. The number of rotatable bonds is 5. The molecule has 0 aromatic carbocycles. The Morgan fingerprint density at radius 2 is 2.50 bits per heavy atom. The van der Waals surface area contributed by atoms with Crippen molar-refractivity contribution >= 4 is 0 Å². The van der Waals surface area contributed by atoms with E-state index in [-0.39, 0.29) is 0 Å². The lowest BCUT2D eigenvalue weighted by atomic mass is 10.1. The predicted molar refractivity (Wildman–Crippen MR) is 37.9 cm³/mol. The van der Waals surface area contributed by atoms with E-state index in [1.54, 1.807) is 0 Å². The van der Waals surface area contributed by atoms with Crippen LogP contribution in [0, 0.1) is 5.92 Å². The predicted octanol–water partition coefficient (Wildman–Crippen LogP) is 1.21. The quantitative estimate of drug-likeness (QED) is 0.272. The minimum atomic E-state index is 0.357. The van der Waals surface area contributed by atoms with Crippen LogP contribution in [0.2, 0.25) is 0 Å². The lowest BCUT2D eigenvalue weighted by Gasteiger charge is -2.06. The van der Waals surface area contributed by atoms with Gasteiger partial charge < -0.3 is 10.6 Å². The zero-order chi connectivity index (χ0) is 7.82. The maximum atomic E-state index is 7.82. The standard InChI is InChI=1S/C5H12N4O/c1-5(2-3-6)4-10-9-8-7/h5H,2-4,6H2,1H3. The highest BCUT2D eigenvalue weighted by molar-refractivity contribution is 4.50. The van der Waals surface area contributed by atoms with Gasteiger partial charge in [0.15, 0.2) is 0 Å². The second-order valence-electron chi connectivity index (χ2n) is 2.15. The van der Waals surface area contributed by atoms with Crippen LogP contribution in [0.25, 0.3) is 10.4 Å². The zero-order valence-electron chi connectivity index (χ0n) is 6.03. The van der Waals surface area contributed by atoms with Gasteiger partial charge in [-0.05, 0) is 24.4 Å². The molecule has 0 aromatic rings. The third-order valence-electron chi connectivity index (χ3n) is 1.11. The van der Waals surface area contributed by atoms with E-state index >= 15 is 0 Å². The van der Waals surface area contributed by atoms with Gasteiger partial charge in [0.05, 0.1) is 6.61 Å². The van der Waals surface area contributed by atoms with Gasteiger partial charge >= 0.3 is 0 Å². The van der Waals surface area contributed by atoms with E-state index in [0.29, 0.717) is 19.1 Å². The molecular formula is C5H12N4O. The molecule has 0 spiro atoms. The molecule has 5 heteroatoms. The summed E-state index contributed by atoms with van der Waals surface area (Å²) in [5.41, 5.74) is 13.1. The Kier molecular flexibility index (Phi) is 5.62. The minimum absolute atomic E-state index is 0.357. The van der Waals surface area contributed by atoms with Gasteiger partial charge in [0.2, 0.25) is 0 Å². The molecule has 1 unspecified atom stereocenters. The summed E-state index contributed by atoms with van der Waals surface area (Å²) in [5, 5.41) is 2.93. The van der Waals surface area contributed by atoms with Gasteiger partial charge in [-0.15, -0.1) is 0 Å². The molecule has 0 aromatic heterocycles. The van der Waals surface area contributed by atoms with Crippen LogP contribution in [0.5, 0.6) is 0 Å². The Morgan fingerprint density at radius 3 is 3.00 bits per heavy atom. The molecule has 2 N–H and O–H groups in total. The van der Waals surface area contributed by atoms with E-state index in [2.05, 4.69) is 15.0 Å². The Bertz CT molecular complexity index is 121. The van der Waals surface area contributed by atoms with Crippen molar-refractivity contribution in [3.8, 4) is 0 Å². The van der Waals surface area contributed by atoms with Crippen molar-refractivity contribution < 1.29 is 4.84 Å². The average molecular weight is 144 g/mol. The van der Waals surface area contributed by atoms with E-state index in [9.17, 15) is 0 Å². The summed E-state index contributed by atoms with van der Waals surface area (Å²) in [6, 6.07) is 0. The van der Waals surface area contributed by atoms with Gasteiger partial charge in [-0.1, -0.05) is 6.92 Å². The first kappa shape index (κ1) is 9.07. The van der Waals surface area contributed by atoms with Crippen LogP contribution in [0.1, 0.15) is 13.3 Å². The van der Waals surface area contributed by atoms with Crippen LogP contribution in [0.3, 0.4) is 0 Å². The molecule has 0 aliphatic rings. The van der Waals surface area contributed by atoms with E-state index in [4.69, 9.17) is 11.3 Å². The molecule has 0 rings (SSSR count). The number of hydrogen-bond acceptors (Lipinski definition) is 3. The molecule has 5 nitrogen and oxygen atoms in total. The molecule has 0 radical (unpaired) electrons. The van der Waals surface area contributed by atoms with Gasteiger partial charge in [-0.3, -0.25) is 0 Å². The van der Waals surface area contributed by atoms with Crippen LogP contribution in [-0.4, -0.2) is 13.2 Å². The first-order chi connectivity index (χ1) is 4.81. The van der Waals surface area contributed by atoms with Crippen LogP contribution in [0.4, 0.5) is 0 Å². The second kappa shape index (κ2) is 6.19. The Morgan fingerprint density at radius 1 is 1.80 bits per heavy atom. The summed E-state index contributed by atoms with van der Waals surface area (Å²) >= 11 is 0. The Labute approximate surface area is 59.7 Å². The van der Waals surface area contributed by atoms with E-state index < -0.39 is 0 Å². The van der Waals surface area contributed by atoms with Gasteiger partial charge in [0.1, 0.15) is 5.28 Å². The molecule has 58 valence electrons. The number of nitrogens with two attached hydrogens (primary N) is 1. The molecule has 0 bridgehead atoms. The van der Waals surface area contributed by atoms with Crippen molar-refractivity contribution in [1.29, 1.82) is 0 Å². The van der Waals surface area contributed by atoms with Gasteiger partial charge in [-0.25, -0.2) is 0 Å². The lowest BCUT2D eigenvalue weighted by molar-refractivity contribution is 0.105. The fourth-order valence-corrected chi connectivity index (χ4v) is 0.554. The lowest BCUT2D eigenvalue weighted by Crippen LogP contribution is -2.09. The summed E-state index contributed by atoms with van der Waals surface area (Å²) in [6.07, 6.45) is 0.890. The van der Waals surface area contributed by atoms with Crippen molar-refractivity contribution in [2.45, 2.75) is 13.3 Å². The molecule has 0 saturated heterocycles. The summed E-state index contributed by atoms with van der Waals surface area (Å²) in [7, 11) is 0. The van der Waals surface area contributed by atoms with Gasteiger partial charge in [0.25, 0.3) is 0 Å². The van der Waals surface area contributed by atoms with Gasteiger partial charge in [0, 0.05) is 4.91 Å². The molecule has 10 heavy (non-hydrogen) atoms. The summed E-state index contributed by atoms with van der Waals surface area (Å²) < 4.78 is 0. The average Bonchev–Trinajstić information content (AvgIpc) is 1.89. The summed E-state index contributed by atoms with van der Waals surface area (Å²) in [6.45, 7) is 3.07. The van der Waals surface area contributed by atoms with Crippen LogP contribution in [0.15, 0.2) is 5.28 Å². The van der Waals surface area contributed by atoms with Crippen molar-refractivity contribution in [3.05, 3.63) is 10.4 Å². The maximum Gasteiger partial charge on any atom is 0.111 e. The van der Waals surface area contributed by atoms with Crippen molar-refractivity contribution in [1.82, 2.24) is 0 Å². The Balaban J connectivity index is 3.20. The monoisotopic (exact) mass is 144 g/mol. The van der Waals surface area contributed by atoms with E-state index in [1.165, 1.54) is 0 Å². The van der Waals surface area contributed by atoms with Crippen LogP contribution in [-0.2, 0) is 4.84 Å². The molecule has 0 aliphatic carbocycles. The molecular weight excluding hydrogens is 132 g/mol. The third-order valence-corrected chi connectivity index (χ3v) is 1.11. The summed E-state index contributed by atoms with van der Waals surface area (Å²) in [4.78, 5) is 6.99. The number of azide groups is 1. The Hall–Kier alpha value is -0.930. The molecule has 0 fully saturated rings. The van der Waals surface area contributed by atoms with Gasteiger partial charge in [-0.2, -0.15) is 0 Å².